The van der Waals surface area contributed by atoms with Crippen LogP contribution in [0.2, 0.25) is 0 Å². The van der Waals surface area contributed by atoms with Gasteiger partial charge >= 0.3 is 0 Å². The summed E-state index contributed by atoms with van der Waals surface area (Å²) in [6.07, 6.45) is -0.165. The Morgan fingerprint density at radius 2 is 2.06 bits per heavy atom. The molecule has 4 nitrogen and oxygen atoms in total. The van der Waals surface area contributed by atoms with Crippen molar-refractivity contribution < 1.29 is 19.0 Å². The molecule has 2 rings (SSSR count). The van der Waals surface area contributed by atoms with Gasteiger partial charge in [0, 0.05) is 0 Å². The SMILES string of the molecule is CCOc1ccccc1C(=O)CC1OCCO1. The molecule has 0 aliphatic carbocycles. The number of ketones is 1. The van der Waals surface area contributed by atoms with Crippen LogP contribution in [0.25, 0.3) is 0 Å². The summed E-state index contributed by atoms with van der Waals surface area (Å²) in [7, 11) is 0. The number of rotatable bonds is 5. The molecule has 1 aliphatic heterocycles. The van der Waals surface area contributed by atoms with Crippen molar-refractivity contribution >= 4 is 5.78 Å². The Bertz CT molecular complexity index is 383. The van der Waals surface area contributed by atoms with Gasteiger partial charge in [0.1, 0.15) is 5.75 Å². The number of Topliss-reactive ketones (excluding diaryl/α,β-unsaturated/α-hetero) is 1. The molecule has 0 amide bonds. The third kappa shape index (κ3) is 3.05. The predicted molar refractivity (Wildman–Crippen MR) is 62.3 cm³/mol. The quantitative estimate of drug-likeness (QED) is 0.734. The lowest BCUT2D eigenvalue weighted by Gasteiger charge is -2.11. The minimum atomic E-state index is -0.405. The van der Waals surface area contributed by atoms with E-state index in [1.165, 1.54) is 0 Å². The molecule has 1 fully saturated rings. The summed E-state index contributed by atoms with van der Waals surface area (Å²) in [5.74, 6) is 0.610. The second-order valence-electron chi connectivity index (χ2n) is 3.73. The average molecular weight is 236 g/mol. The molecule has 0 N–H and O–H groups in total. The van der Waals surface area contributed by atoms with Gasteiger partial charge in [-0.05, 0) is 19.1 Å². The van der Waals surface area contributed by atoms with Crippen molar-refractivity contribution in [3.63, 3.8) is 0 Å². The molecule has 1 heterocycles. The van der Waals surface area contributed by atoms with Gasteiger partial charge in [0.2, 0.25) is 0 Å². The molecule has 1 saturated heterocycles. The number of hydrogen-bond donors (Lipinski definition) is 0. The zero-order chi connectivity index (χ0) is 12.1. The molecule has 0 aromatic heterocycles. The zero-order valence-electron chi connectivity index (χ0n) is 9.85. The van der Waals surface area contributed by atoms with Crippen molar-refractivity contribution in [2.75, 3.05) is 19.8 Å². The fraction of sp³-hybridized carbons (Fsp3) is 0.462. The van der Waals surface area contributed by atoms with Crippen LogP contribution in [0.1, 0.15) is 23.7 Å². The average Bonchev–Trinajstić information content (AvgIpc) is 2.83. The maximum atomic E-state index is 12.1. The Morgan fingerprint density at radius 3 is 2.76 bits per heavy atom. The van der Waals surface area contributed by atoms with Gasteiger partial charge in [-0.15, -0.1) is 0 Å². The van der Waals surface area contributed by atoms with E-state index in [1.807, 2.05) is 19.1 Å². The van der Waals surface area contributed by atoms with Crippen molar-refractivity contribution in [2.45, 2.75) is 19.6 Å². The third-order valence-electron chi connectivity index (χ3n) is 2.53. The van der Waals surface area contributed by atoms with Crippen LogP contribution in [0.3, 0.4) is 0 Å². The van der Waals surface area contributed by atoms with Crippen LogP contribution in [0, 0.1) is 0 Å². The van der Waals surface area contributed by atoms with Crippen molar-refractivity contribution in [1.82, 2.24) is 0 Å². The molecule has 0 saturated carbocycles. The Kier molecular flexibility index (Phi) is 4.12. The van der Waals surface area contributed by atoms with Gasteiger partial charge in [-0.2, -0.15) is 0 Å². The van der Waals surface area contributed by atoms with Gasteiger partial charge in [-0.3, -0.25) is 4.79 Å². The van der Waals surface area contributed by atoms with Gasteiger partial charge in [0.15, 0.2) is 12.1 Å². The number of benzene rings is 1. The maximum Gasteiger partial charge on any atom is 0.171 e. The highest BCUT2D eigenvalue weighted by Crippen LogP contribution is 2.21. The normalized spacial score (nSPS) is 16.1. The van der Waals surface area contributed by atoms with E-state index >= 15 is 0 Å². The van der Waals surface area contributed by atoms with Gasteiger partial charge in [-0.1, -0.05) is 12.1 Å². The van der Waals surface area contributed by atoms with E-state index in [2.05, 4.69) is 0 Å². The summed E-state index contributed by atoms with van der Waals surface area (Å²) in [4.78, 5) is 12.1. The number of carbonyl (C=O) groups is 1. The second kappa shape index (κ2) is 5.80. The standard InChI is InChI=1S/C13H16O4/c1-2-15-12-6-4-3-5-10(12)11(14)9-13-16-7-8-17-13/h3-6,13H,2,7-9H2,1H3. The smallest absolute Gasteiger partial charge is 0.171 e. The highest BCUT2D eigenvalue weighted by molar-refractivity contribution is 5.98. The lowest BCUT2D eigenvalue weighted by atomic mass is 10.1. The Balaban J connectivity index is 2.06. The summed E-state index contributed by atoms with van der Waals surface area (Å²) in [6.45, 7) is 3.56. The lowest BCUT2D eigenvalue weighted by molar-refractivity contribution is -0.0407. The first kappa shape index (κ1) is 12.1. The van der Waals surface area contributed by atoms with Crippen molar-refractivity contribution in [2.24, 2.45) is 0 Å². The largest absolute Gasteiger partial charge is 0.493 e. The van der Waals surface area contributed by atoms with Gasteiger partial charge in [0.05, 0.1) is 31.8 Å². The van der Waals surface area contributed by atoms with Crippen molar-refractivity contribution in [3.8, 4) is 5.75 Å². The summed E-state index contributed by atoms with van der Waals surface area (Å²) >= 11 is 0. The van der Waals surface area contributed by atoms with Crippen LogP contribution in [0.5, 0.6) is 5.75 Å². The van der Waals surface area contributed by atoms with Crippen LogP contribution in [-0.2, 0) is 9.47 Å². The van der Waals surface area contributed by atoms with Crippen LogP contribution < -0.4 is 4.74 Å². The first-order valence-electron chi connectivity index (χ1n) is 5.79. The number of hydrogen-bond acceptors (Lipinski definition) is 4. The molecular formula is C13H16O4. The third-order valence-corrected chi connectivity index (χ3v) is 2.53. The Hall–Kier alpha value is -1.39. The van der Waals surface area contributed by atoms with E-state index in [-0.39, 0.29) is 12.2 Å². The summed E-state index contributed by atoms with van der Waals surface area (Å²) in [5.41, 5.74) is 0.591. The fourth-order valence-corrected chi connectivity index (χ4v) is 1.76. The van der Waals surface area contributed by atoms with E-state index in [0.29, 0.717) is 31.1 Å². The van der Waals surface area contributed by atoms with Crippen LogP contribution in [0.15, 0.2) is 24.3 Å². The van der Waals surface area contributed by atoms with Gasteiger partial charge < -0.3 is 14.2 Å². The topological polar surface area (TPSA) is 44.8 Å². The summed E-state index contributed by atoms with van der Waals surface area (Å²) < 4.78 is 15.9. The minimum Gasteiger partial charge on any atom is -0.493 e. The highest BCUT2D eigenvalue weighted by atomic mass is 16.7. The van der Waals surface area contributed by atoms with Crippen LogP contribution in [-0.4, -0.2) is 31.9 Å². The van der Waals surface area contributed by atoms with E-state index in [1.54, 1.807) is 12.1 Å². The monoisotopic (exact) mass is 236 g/mol. The van der Waals surface area contributed by atoms with Crippen LogP contribution in [0.4, 0.5) is 0 Å². The molecule has 0 radical (unpaired) electrons. The molecule has 92 valence electrons. The molecule has 0 atom stereocenters. The number of ether oxygens (including phenoxy) is 3. The minimum absolute atomic E-state index is 0.0130. The molecular weight excluding hydrogens is 220 g/mol. The molecule has 0 unspecified atom stereocenters. The highest BCUT2D eigenvalue weighted by Gasteiger charge is 2.22. The Labute approximate surface area is 100 Å². The first-order valence-corrected chi connectivity index (χ1v) is 5.79. The first-order chi connectivity index (χ1) is 8.31. The van der Waals surface area contributed by atoms with Crippen molar-refractivity contribution in [1.29, 1.82) is 0 Å². The van der Waals surface area contributed by atoms with Crippen LogP contribution >= 0.6 is 0 Å². The lowest BCUT2D eigenvalue weighted by Crippen LogP contribution is -2.15. The summed E-state index contributed by atoms with van der Waals surface area (Å²) in [6, 6.07) is 7.24. The zero-order valence-corrected chi connectivity index (χ0v) is 9.85. The predicted octanol–water partition coefficient (Wildman–Crippen LogP) is 2.03. The van der Waals surface area contributed by atoms with Gasteiger partial charge in [-0.25, -0.2) is 0 Å². The van der Waals surface area contributed by atoms with E-state index in [9.17, 15) is 4.79 Å². The molecule has 4 heteroatoms. The fourth-order valence-electron chi connectivity index (χ4n) is 1.76. The second-order valence-corrected chi connectivity index (χ2v) is 3.73. The molecule has 1 aromatic rings. The van der Waals surface area contributed by atoms with Gasteiger partial charge in [0.25, 0.3) is 0 Å². The van der Waals surface area contributed by atoms with Crippen molar-refractivity contribution in [3.05, 3.63) is 29.8 Å². The molecule has 0 spiro atoms. The van der Waals surface area contributed by atoms with E-state index in [4.69, 9.17) is 14.2 Å². The molecule has 1 aromatic carbocycles. The molecule has 1 aliphatic rings. The summed E-state index contributed by atoms with van der Waals surface area (Å²) in [5, 5.41) is 0. The molecule has 17 heavy (non-hydrogen) atoms. The number of carbonyl (C=O) groups excluding carboxylic acids is 1. The van der Waals surface area contributed by atoms with E-state index < -0.39 is 6.29 Å². The Morgan fingerprint density at radius 1 is 1.35 bits per heavy atom. The maximum absolute atomic E-state index is 12.1. The number of para-hydroxylation sites is 1. The molecule has 0 bridgehead atoms. The van der Waals surface area contributed by atoms with E-state index in [0.717, 1.165) is 0 Å².